The Hall–Kier alpha value is -1.60. The van der Waals surface area contributed by atoms with Crippen molar-refractivity contribution in [2.24, 2.45) is 0 Å². The maximum absolute atomic E-state index is 12.4. The summed E-state index contributed by atoms with van der Waals surface area (Å²) in [5.41, 5.74) is 2.12. The number of hydrogen-bond donors (Lipinski definition) is 1. The maximum Gasteiger partial charge on any atom is 0.267 e. The van der Waals surface area contributed by atoms with Crippen molar-refractivity contribution in [1.29, 1.82) is 0 Å². The molecule has 0 aliphatic rings. The Morgan fingerprint density at radius 1 is 1.35 bits per heavy atom. The number of nitrogens with one attached hydrogen (secondary N) is 1. The van der Waals surface area contributed by atoms with Crippen molar-refractivity contribution in [2.45, 2.75) is 44.6 Å². The van der Waals surface area contributed by atoms with E-state index in [9.17, 15) is 4.79 Å². The topological polar surface area (TPSA) is 64.1 Å². The van der Waals surface area contributed by atoms with Crippen molar-refractivity contribution < 1.29 is 9.53 Å². The standard InChI is InChI=1S/C16H21N3O2S2/c1-5-12(21-13-9-10(3)7-8-11(13)4)14(20)17-15-18-19-16(23-15)22-6-2/h7-9,12H,5-6H2,1-4H3,(H,17,18,20)/t12-/m0/s1. The van der Waals surface area contributed by atoms with E-state index in [1.54, 1.807) is 11.8 Å². The van der Waals surface area contributed by atoms with E-state index in [1.807, 2.05) is 39.0 Å². The normalized spacial score (nSPS) is 12.0. The zero-order chi connectivity index (χ0) is 16.8. The molecule has 0 bridgehead atoms. The highest BCUT2D eigenvalue weighted by molar-refractivity contribution is 8.01. The van der Waals surface area contributed by atoms with Crippen molar-refractivity contribution in [3.8, 4) is 5.75 Å². The number of rotatable bonds is 7. The number of aryl methyl sites for hydroxylation is 2. The van der Waals surface area contributed by atoms with Gasteiger partial charge in [-0.05, 0) is 43.2 Å². The molecule has 1 amide bonds. The molecule has 0 fully saturated rings. The number of carbonyl (C=O) groups excluding carboxylic acids is 1. The van der Waals surface area contributed by atoms with Gasteiger partial charge in [0.05, 0.1) is 0 Å². The number of benzene rings is 1. The number of hydrogen-bond acceptors (Lipinski definition) is 6. The van der Waals surface area contributed by atoms with Crippen molar-refractivity contribution in [1.82, 2.24) is 10.2 Å². The molecule has 2 aromatic rings. The number of anilines is 1. The van der Waals surface area contributed by atoms with Crippen LogP contribution in [-0.4, -0.2) is 28.0 Å². The summed E-state index contributed by atoms with van der Waals surface area (Å²) < 4.78 is 6.76. The molecule has 0 radical (unpaired) electrons. The summed E-state index contributed by atoms with van der Waals surface area (Å²) in [6.45, 7) is 7.95. The lowest BCUT2D eigenvalue weighted by Gasteiger charge is -2.18. The van der Waals surface area contributed by atoms with Gasteiger partial charge in [-0.2, -0.15) is 0 Å². The third-order valence-electron chi connectivity index (χ3n) is 3.18. The molecule has 5 nitrogen and oxygen atoms in total. The second kappa shape index (κ2) is 8.31. The molecule has 0 aliphatic heterocycles. The third-order valence-corrected chi connectivity index (χ3v) is 5.03. The molecular weight excluding hydrogens is 330 g/mol. The highest BCUT2D eigenvalue weighted by Crippen LogP contribution is 2.26. The van der Waals surface area contributed by atoms with E-state index < -0.39 is 6.10 Å². The van der Waals surface area contributed by atoms with Gasteiger partial charge >= 0.3 is 0 Å². The molecule has 0 saturated carbocycles. The number of ether oxygens (including phenoxy) is 1. The summed E-state index contributed by atoms with van der Waals surface area (Å²) in [7, 11) is 0. The van der Waals surface area contributed by atoms with Crippen LogP contribution in [0.4, 0.5) is 5.13 Å². The summed E-state index contributed by atoms with van der Waals surface area (Å²) in [6, 6.07) is 5.97. The fourth-order valence-electron chi connectivity index (χ4n) is 1.94. The SMILES string of the molecule is CCSc1nnc(NC(=O)[C@H](CC)Oc2cc(C)ccc2C)s1. The van der Waals surface area contributed by atoms with Crippen LogP contribution in [0.5, 0.6) is 5.75 Å². The quantitative estimate of drug-likeness (QED) is 0.602. The van der Waals surface area contributed by atoms with E-state index in [0.29, 0.717) is 11.6 Å². The van der Waals surface area contributed by atoms with E-state index in [2.05, 4.69) is 22.4 Å². The summed E-state index contributed by atoms with van der Waals surface area (Å²) in [5.74, 6) is 1.47. The fourth-order valence-corrected chi connectivity index (χ4v) is 3.59. The number of amides is 1. The molecule has 1 atom stereocenters. The summed E-state index contributed by atoms with van der Waals surface area (Å²) >= 11 is 2.98. The minimum absolute atomic E-state index is 0.197. The van der Waals surface area contributed by atoms with Gasteiger partial charge in [0.15, 0.2) is 10.4 Å². The fraction of sp³-hybridized carbons (Fsp3) is 0.438. The van der Waals surface area contributed by atoms with Gasteiger partial charge in [0.2, 0.25) is 5.13 Å². The van der Waals surface area contributed by atoms with Gasteiger partial charge in [0.1, 0.15) is 5.75 Å². The van der Waals surface area contributed by atoms with Crippen LogP contribution in [0, 0.1) is 13.8 Å². The highest BCUT2D eigenvalue weighted by atomic mass is 32.2. The van der Waals surface area contributed by atoms with Crippen LogP contribution in [0.2, 0.25) is 0 Å². The van der Waals surface area contributed by atoms with Crippen LogP contribution in [0.15, 0.2) is 22.5 Å². The van der Waals surface area contributed by atoms with E-state index in [-0.39, 0.29) is 5.91 Å². The van der Waals surface area contributed by atoms with Gasteiger partial charge in [-0.15, -0.1) is 10.2 Å². The Morgan fingerprint density at radius 2 is 2.13 bits per heavy atom. The Balaban J connectivity index is 2.04. The van der Waals surface area contributed by atoms with Crippen LogP contribution < -0.4 is 10.1 Å². The molecule has 124 valence electrons. The van der Waals surface area contributed by atoms with Crippen molar-refractivity contribution >= 4 is 34.1 Å². The second-order valence-corrected chi connectivity index (χ2v) is 7.57. The predicted molar refractivity (Wildman–Crippen MR) is 95.6 cm³/mol. The van der Waals surface area contributed by atoms with Gasteiger partial charge < -0.3 is 4.74 Å². The largest absolute Gasteiger partial charge is 0.480 e. The van der Waals surface area contributed by atoms with E-state index >= 15 is 0 Å². The minimum atomic E-state index is -0.554. The van der Waals surface area contributed by atoms with Crippen LogP contribution >= 0.6 is 23.1 Å². The first-order chi connectivity index (χ1) is 11.0. The Kier molecular flexibility index (Phi) is 6.41. The zero-order valence-electron chi connectivity index (χ0n) is 13.8. The predicted octanol–water partition coefficient (Wildman–Crippen LogP) is 4.06. The first-order valence-electron chi connectivity index (χ1n) is 7.54. The van der Waals surface area contributed by atoms with Gasteiger partial charge in [-0.25, -0.2) is 0 Å². The number of aromatic nitrogens is 2. The molecule has 1 aromatic heterocycles. The minimum Gasteiger partial charge on any atom is -0.480 e. The molecule has 1 N–H and O–H groups in total. The van der Waals surface area contributed by atoms with Gasteiger partial charge in [-0.1, -0.05) is 49.1 Å². The number of thioether (sulfide) groups is 1. The molecule has 7 heteroatoms. The second-order valence-electron chi connectivity index (χ2n) is 5.08. The lowest BCUT2D eigenvalue weighted by molar-refractivity contribution is -0.122. The molecule has 0 saturated heterocycles. The van der Waals surface area contributed by atoms with Crippen molar-refractivity contribution in [2.75, 3.05) is 11.1 Å². The highest BCUT2D eigenvalue weighted by Gasteiger charge is 2.21. The maximum atomic E-state index is 12.4. The smallest absolute Gasteiger partial charge is 0.267 e. The monoisotopic (exact) mass is 351 g/mol. The van der Waals surface area contributed by atoms with E-state index in [1.165, 1.54) is 11.3 Å². The van der Waals surface area contributed by atoms with Crippen LogP contribution in [-0.2, 0) is 4.79 Å². The van der Waals surface area contributed by atoms with Gasteiger partial charge in [0.25, 0.3) is 5.91 Å². The van der Waals surface area contributed by atoms with Crippen LogP contribution in [0.3, 0.4) is 0 Å². The number of carbonyl (C=O) groups is 1. The van der Waals surface area contributed by atoms with Gasteiger partial charge in [-0.3, -0.25) is 10.1 Å². The van der Waals surface area contributed by atoms with Crippen LogP contribution in [0.25, 0.3) is 0 Å². The lowest BCUT2D eigenvalue weighted by atomic mass is 10.1. The molecule has 0 spiro atoms. The summed E-state index contributed by atoms with van der Waals surface area (Å²) in [4.78, 5) is 12.4. The Labute approximate surface area is 144 Å². The Bertz CT molecular complexity index is 673. The average Bonchev–Trinajstić information content (AvgIpc) is 2.95. The lowest BCUT2D eigenvalue weighted by Crippen LogP contribution is -2.32. The number of nitrogens with zero attached hydrogens (tertiary/aromatic N) is 2. The Morgan fingerprint density at radius 3 is 2.83 bits per heavy atom. The molecular formula is C16H21N3O2S2. The molecule has 23 heavy (non-hydrogen) atoms. The molecule has 1 aromatic carbocycles. The summed E-state index contributed by atoms with van der Waals surface area (Å²) in [6.07, 6.45) is 0.0240. The molecule has 2 rings (SSSR count). The summed E-state index contributed by atoms with van der Waals surface area (Å²) in [5, 5.41) is 11.3. The zero-order valence-corrected chi connectivity index (χ0v) is 15.4. The molecule has 1 heterocycles. The van der Waals surface area contributed by atoms with Crippen molar-refractivity contribution in [3.63, 3.8) is 0 Å². The average molecular weight is 351 g/mol. The van der Waals surface area contributed by atoms with Gasteiger partial charge in [0, 0.05) is 0 Å². The van der Waals surface area contributed by atoms with E-state index in [4.69, 9.17) is 4.74 Å². The first-order valence-corrected chi connectivity index (χ1v) is 9.34. The molecule has 0 aliphatic carbocycles. The van der Waals surface area contributed by atoms with Crippen LogP contribution in [0.1, 0.15) is 31.4 Å². The van der Waals surface area contributed by atoms with E-state index in [0.717, 1.165) is 27.0 Å². The first kappa shape index (κ1) is 17.7. The molecule has 0 unspecified atom stereocenters. The third kappa shape index (κ3) is 4.94. The van der Waals surface area contributed by atoms with Crippen molar-refractivity contribution in [3.05, 3.63) is 29.3 Å².